The second kappa shape index (κ2) is 13.5. The highest BCUT2D eigenvalue weighted by Gasteiger charge is 2.32. The minimum absolute atomic E-state index is 0.129. The monoisotopic (exact) mass is 529 g/mol. The Morgan fingerprint density at radius 2 is 1.68 bits per heavy atom. The Kier molecular flexibility index (Phi) is 10.4. The van der Waals surface area contributed by atoms with Crippen LogP contribution in [0.15, 0.2) is 54.6 Å². The van der Waals surface area contributed by atoms with Gasteiger partial charge in [0.15, 0.2) is 0 Å². The van der Waals surface area contributed by atoms with E-state index in [1.165, 1.54) is 0 Å². The van der Waals surface area contributed by atoms with Crippen LogP contribution in [0, 0.1) is 0 Å². The van der Waals surface area contributed by atoms with Gasteiger partial charge in [0.1, 0.15) is 18.3 Å². The van der Waals surface area contributed by atoms with Gasteiger partial charge in [-0.15, -0.1) is 0 Å². The molecule has 2 aromatic carbocycles. The van der Waals surface area contributed by atoms with Gasteiger partial charge in [0.25, 0.3) is 0 Å². The smallest absolute Gasteiger partial charge is 0.244 e. The number of anilines is 1. The topological polar surface area (TPSA) is 96.0 Å². The Hall–Kier alpha value is -3.07. The summed E-state index contributed by atoms with van der Waals surface area (Å²) in [5, 5.41) is 3.12. The quantitative estimate of drug-likeness (QED) is 0.426. The predicted octanol–water partition coefficient (Wildman–Crippen LogP) is 3.76. The van der Waals surface area contributed by atoms with Crippen molar-refractivity contribution in [2.45, 2.75) is 64.5 Å². The van der Waals surface area contributed by atoms with Gasteiger partial charge in [-0.25, -0.2) is 8.42 Å². The van der Waals surface area contributed by atoms with Crippen LogP contribution in [-0.4, -0.2) is 63.2 Å². The Bertz CT molecular complexity index is 1120. The average molecular weight is 530 g/mol. The van der Waals surface area contributed by atoms with Crippen molar-refractivity contribution >= 4 is 27.5 Å². The van der Waals surface area contributed by atoms with Crippen molar-refractivity contribution in [3.8, 4) is 5.75 Å². The summed E-state index contributed by atoms with van der Waals surface area (Å²) in [5.41, 5.74) is 1.41. The molecule has 0 bridgehead atoms. The Morgan fingerprint density at radius 3 is 2.24 bits per heavy atom. The number of benzene rings is 2. The molecule has 2 aromatic rings. The summed E-state index contributed by atoms with van der Waals surface area (Å²) < 4.78 is 32.0. The van der Waals surface area contributed by atoms with E-state index in [0.29, 0.717) is 37.4 Å². The van der Waals surface area contributed by atoms with Gasteiger partial charge in [-0.05, 0) is 62.4 Å². The van der Waals surface area contributed by atoms with Crippen molar-refractivity contribution in [2.75, 3.05) is 30.3 Å². The number of carbonyl (C=O) groups is 2. The van der Waals surface area contributed by atoms with Crippen molar-refractivity contribution in [1.82, 2.24) is 10.2 Å². The summed E-state index contributed by atoms with van der Waals surface area (Å²) in [7, 11) is -3.77. The lowest BCUT2D eigenvalue weighted by atomic mass is 10.1. The Labute approximate surface area is 221 Å². The van der Waals surface area contributed by atoms with Crippen LogP contribution in [0.4, 0.5) is 5.69 Å². The van der Waals surface area contributed by atoms with Crippen LogP contribution in [0.5, 0.6) is 5.75 Å². The van der Waals surface area contributed by atoms with E-state index in [2.05, 4.69) is 5.32 Å². The van der Waals surface area contributed by atoms with Crippen molar-refractivity contribution in [1.29, 1.82) is 0 Å². The van der Waals surface area contributed by atoms with Gasteiger partial charge in [-0.3, -0.25) is 13.9 Å². The van der Waals surface area contributed by atoms with E-state index in [-0.39, 0.29) is 11.9 Å². The SMILES string of the molecule is CCOc1ccc(N(CC(=O)N(CCc2ccccc2)[C@H](CC)C(=O)NC2CCCC2)S(C)(=O)=O)cc1. The number of hydrogen-bond acceptors (Lipinski definition) is 5. The first kappa shape index (κ1) is 28.5. The minimum Gasteiger partial charge on any atom is -0.494 e. The van der Waals surface area contributed by atoms with Crippen molar-refractivity contribution in [3.05, 3.63) is 60.2 Å². The van der Waals surface area contributed by atoms with Gasteiger partial charge in [-0.1, -0.05) is 50.1 Å². The first-order chi connectivity index (χ1) is 17.7. The summed E-state index contributed by atoms with van der Waals surface area (Å²) in [6.45, 7) is 4.15. The maximum absolute atomic E-state index is 13.7. The van der Waals surface area contributed by atoms with Crippen molar-refractivity contribution in [2.24, 2.45) is 0 Å². The summed E-state index contributed by atoms with van der Waals surface area (Å²) in [6.07, 6.45) is 6.13. The van der Waals surface area contributed by atoms with Crippen LogP contribution in [0.2, 0.25) is 0 Å². The number of sulfonamides is 1. The van der Waals surface area contributed by atoms with Crippen molar-refractivity contribution < 1.29 is 22.7 Å². The highest BCUT2D eigenvalue weighted by atomic mass is 32.2. The summed E-state index contributed by atoms with van der Waals surface area (Å²) in [6, 6.07) is 15.8. The van der Waals surface area contributed by atoms with E-state index in [1.807, 2.05) is 44.2 Å². The average Bonchev–Trinajstić information content (AvgIpc) is 3.38. The molecule has 9 heteroatoms. The molecule has 1 N–H and O–H groups in total. The summed E-state index contributed by atoms with van der Waals surface area (Å²) in [5.74, 6) is 0.0246. The molecule has 0 heterocycles. The molecular formula is C28H39N3O5S. The largest absolute Gasteiger partial charge is 0.494 e. The second-order valence-corrected chi connectivity index (χ2v) is 11.3. The summed E-state index contributed by atoms with van der Waals surface area (Å²) in [4.78, 5) is 28.6. The number of hydrogen-bond donors (Lipinski definition) is 1. The van der Waals surface area contributed by atoms with Gasteiger partial charge < -0.3 is 15.0 Å². The van der Waals surface area contributed by atoms with Crippen LogP contribution < -0.4 is 14.4 Å². The zero-order valence-electron chi connectivity index (χ0n) is 22.1. The van der Waals surface area contributed by atoms with E-state index < -0.39 is 28.5 Å². The van der Waals surface area contributed by atoms with Gasteiger partial charge >= 0.3 is 0 Å². The second-order valence-electron chi connectivity index (χ2n) is 9.43. The predicted molar refractivity (Wildman–Crippen MR) is 146 cm³/mol. The molecule has 0 unspecified atom stereocenters. The van der Waals surface area contributed by atoms with Crippen molar-refractivity contribution in [3.63, 3.8) is 0 Å². The molecule has 3 rings (SSSR count). The molecule has 1 aliphatic carbocycles. The third-order valence-electron chi connectivity index (χ3n) is 6.69. The Balaban J connectivity index is 1.84. The van der Waals surface area contributed by atoms with E-state index in [0.717, 1.165) is 41.8 Å². The molecule has 0 saturated heterocycles. The van der Waals surface area contributed by atoms with Gasteiger partial charge in [0.05, 0.1) is 18.6 Å². The van der Waals surface area contributed by atoms with Gasteiger partial charge in [-0.2, -0.15) is 0 Å². The number of nitrogens with zero attached hydrogens (tertiary/aromatic N) is 2. The van der Waals surface area contributed by atoms with E-state index in [1.54, 1.807) is 29.2 Å². The fourth-order valence-corrected chi connectivity index (χ4v) is 5.60. The normalized spacial score (nSPS) is 14.7. The molecule has 202 valence electrons. The molecule has 0 aromatic heterocycles. The number of rotatable bonds is 13. The van der Waals surface area contributed by atoms with Crippen LogP contribution in [0.3, 0.4) is 0 Å². The molecule has 0 aliphatic heterocycles. The van der Waals surface area contributed by atoms with Gasteiger partial charge in [0.2, 0.25) is 21.8 Å². The molecule has 2 amide bonds. The maximum Gasteiger partial charge on any atom is 0.244 e. The van der Waals surface area contributed by atoms with E-state index >= 15 is 0 Å². The maximum atomic E-state index is 13.7. The molecular weight excluding hydrogens is 490 g/mol. The molecule has 0 radical (unpaired) electrons. The summed E-state index contributed by atoms with van der Waals surface area (Å²) >= 11 is 0. The highest BCUT2D eigenvalue weighted by Crippen LogP contribution is 2.23. The van der Waals surface area contributed by atoms with Crippen LogP contribution in [0.25, 0.3) is 0 Å². The van der Waals surface area contributed by atoms with Crippen LogP contribution >= 0.6 is 0 Å². The lowest BCUT2D eigenvalue weighted by Gasteiger charge is -2.33. The zero-order valence-corrected chi connectivity index (χ0v) is 22.9. The number of nitrogens with one attached hydrogen (secondary N) is 1. The fraction of sp³-hybridized carbons (Fsp3) is 0.500. The number of ether oxygens (including phenoxy) is 1. The first-order valence-corrected chi connectivity index (χ1v) is 14.9. The molecule has 1 atom stereocenters. The van der Waals surface area contributed by atoms with E-state index in [9.17, 15) is 18.0 Å². The minimum atomic E-state index is -3.77. The third kappa shape index (κ3) is 8.21. The molecule has 1 saturated carbocycles. The third-order valence-corrected chi connectivity index (χ3v) is 7.83. The molecule has 1 aliphatic rings. The van der Waals surface area contributed by atoms with Gasteiger partial charge in [0, 0.05) is 12.6 Å². The van der Waals surface area contributed by atoms with Crippen LogP contribution in [0.1, 0.15) is 51.5 Å². The number of carbonyl (C=O) groups excluding carboxylic acids is 2. The molecule has 1 fully saturated rings. The van der Waals surface area contributed by atoms with Crippen LogP contribution in [-0.2, 0) is 26.0 Å². The standard InChI is InChI=1S/C28H39N3O5S/c1-4-26(28(33)29-23-13-9-10-14-23)30(20-19-22-11-7-6-8-12-22)27(32)21-31(37(3,34)35)24-15-17-25(18-16-24)36-5-2/h6-8,11-12,15-18,23,26H,4-5,9-10,13-14,19-21H2,1-3H3,(H,29,33)/t26-/m1/s1. The Morgan fingerprint density at radius 1 is 1.03 bits per heavy atom. The van der Waals surface area contributed by atoms with E-state index in [4.69, 9.17) is 4.74 Å². The molecule has 0 spiro atoms. The molecule has 8 nitrogen and oxygen atoms in total. The lowest BCUT2D eigenvalue weighted by Crippen LogP contribution is -2.54. The lowest BCUT2D eigenvalue weighted by molar-refractivity contribution is -0.139. The fourth-order valence-electron chi connectivity index (χ4n) is 4.75. The highest BCUT2D eigenvalue weighted by molar-refractivity contribution is 7.92. The zero-order chi connectivity index (χ0) is 26.8. The number of amides is 2. The molecule has 37 heavy (non-hydrogen) atoms. The first-order valence-electron chi connectivity index (χ1n) is 13.1.